The maximum atomic E-state index is 13.6. The SMILES string of the molecule is CCS(=O)(=O)Nc1ccccc1CNc1nc(Nc2ccc(C(C)N)cc2)ncc1C(F)(F)F. The zero-order valence-electron chi connectivity index (χ0n) is 18.5. The molecule has 1 unspecified atom stereocenters. The zero-order chi connectivity index (χ0) is 24.9. The number of hydrogen-bond donors (Lipinski definition) is 4. The summed E-state index contributed by atoms with van der Waals surface area (Å²) < 4.78 is 67.0. The molecule has 0 aliphatic heterocycles. The number of nitrogens with one attached hydrogen (secondary N) is 3. The van der Waals surface area contributed by atoms with Gasteiger partial charge < -0.3 is 16.4 Å². The smallest absolute Gasteiger partial charge is 0.365 e. The third kappa shape index (κ3) is 6.58. The van der Waals surface area contributed by atoms with Crippen molar-refractivity contribution in [3.63, 3.8) is 0 Å². The topological polar surface area (TPSA) is 122 Å². The molecule has 1 heterocycles. The summed E-state index contributed by atoms with van der Waals surface area (Å²) in [7, 11) is -3.56. The molecule has 0 bridgehead atoms. The Labute approximate surface area is 195 Å². The summed E-state index contributed by atoms with van der Waals surface area (Å²) in [5.41, 5.74) is 6.99. The maximum absolute atomic E-state index is 13.6. The largest absolute Gasteiger partial charge is 0.421 e. The summed E-state index contributed by atoms with van der Waals surface area (Å²) in [5, 5.41) is 5.54. The molecule has 3 aromatic rings. The van der Waals surface area contributed by atoms with E-state index in [4.69, 9.17) is 5.73 Å². The lowest BCUT2D eigenvalue weighted by Gasteiger charge is -2.16. The second-order valence-electron chi connectivity index (χ2n) is 7.51. The van der Waals surface area contributed by atoms with Gasteiger partial charge in [0.2, 0.25) is 16.0 Å². The molecule has 1 atom stereocenters. The van der Waals surface area contributed by atoms with E-state index in [2.05, 4.69) is 25.3 Å². The van der Waals surface area contributed by atoms with Gasteiger partial charge in [-0.2, -0.15) is 18.2 Å². The Bertz CT molecular complexity index is 1230. The van der Waals surface area contributed by atoms with Crippen molar-refractivity contribution in [2.45, 2.75) is 32.6 Å². The number of alkyl halides is 3. The van der Waals surface area contributed by atoms with E-state index in [0.29, 0.717) is 17.4 Å². The van der Waals surface area contributed by atoms with Crippen molar-refractivity contribution in [3.8, 4) is 0 Å². The van der Waals surface area contributed by atoms with E-state index in [9.17, 15) is 21.6 Å². The van der Waals surface area contributed by atoms with E-state index in [1.54, 1.807) is 42.5 Å². The standard InChI is InChI=1S/C22H25F3N6O2S/c1-3-34(32,33)31-19-7-5-4-6-16(19)12-27-20-18(22(23,24)25)13-28-21(30-20)29-17-10-8-15(9-11-17)14(2)26/h4-11,13-14,31H,3,12,26H2,1-2H3,(H2,27,28,29,30). The van der Waals surface area contributed by atoms with Gasteiger partial charge in [0.15, 0.2) is 0 Å². The number of halogens is 3. The van der Waals surface area contributed by atoms with Crippen LogP contribution in [0.3, 0.4) is 0 Å². The minimum Gasteiger partial charge on any atom is -0.365 e. The highest BCUT2D eigenvalue weighted by atomic mass is 32.2. The number of anilines is 4. The van der Waals surface area contributed by atoms with Crippen LogP contribution in [0.4, 0.5) is 36.3 Å². The second-order valence-corrected chi connectivity index (χ2v) is 9.52. The Balaban J connectivity index is 1.86. The summed E-state index contributed by atoms with van der Waals surface area (Å²) in [6, 6.07) is 13.3. The van der Waals surface area contributed by atoms with Crippen LogP contribution in [0.2, 0.25) is 0 Å². The van der Waals surface area contributed by atoms with Crippen LogP contribution >= 0.6 is 0 Å². The van der Waals surface area contributed by atoms with Crippen LogP contribution in [0, 0.1) is 0 Å². The summed E-state index contributed by atoms with van der Waals surface area (Å²) in [6.45, 7) is 3.22. The fourth-order valence-electron chi connectivity index (χ4n) is 2.98. The monoisotopic (exact) mass is 494 g/mol. The van der Waals surface area contributed by atoms with Crippen LogP contribution in [0.25, 0.3) is 0 Å². The van der Waals surface area contributed by atoms with Gasteiger partial charge in [-0.25, -0.2) is 13.4 Å². The molecule has 12 heteroatoms. The normalized spacial score (nSPS) is 12.8. The molecule has 0 saturated carbocycles. The van der Waals surface area contributed by atoms with Crippen LogP contribution < -0.4 is 21.1 Å². The average molecular weight is 495 g/mol. The molecule has 0 aliphatic carbocycles. The van der Waals surface area contributed by atoms with E-state index in [-0.39, 0.29) is 30.0 Å². The molecule has 0 amide bonds. The lowest BCUT2D eigenvalue weighted by atomic mass is 10.1. The number of hydrogen-bond acceptors (Lipinski definition) is 7. The Morgan fingerprint density at radius 3 is 2.38 bits per heavy atom. The van der Waals surface area contributed by atoms with Crippen molar-refractivity contribution in [3.05, 3.63) is 71.4 Å². The van der Waals surface area contributed by atoms with Gasteiger partial charge in [0, 0.05) is 24.5 Å². The quantitative estimate of drug-likeness (QED) is 0.342. The minimum atomic E-state index is -4.69. The highest BCUT2D eigenvalue weighted by Crippen LogP contribution is 2.34. The molecule has 0 saturated heterocycles. The molecule has 1 aromatic heterocycles. The lowest BCUT2D eigenvalue weighted by Crippen LogP contribution is -2.17. The molecule has 2 aromatic carbocycles. The Hall–Kier alpha value is -3.38. The zero-order valence-corrected chi connectivity index (χ0v) is 19.3. The molecule has 3 rings (SSSR count). The molecule has 0 fully saturated rings. The van der Waals surface area contributed by atoms with Gasteiger partial charge in [0.25, 0.3) is 0 Å². The van der Waals surface area contributed by atoms with E-state index < -0.39 is 27.6 Å². The van der Waals surface area contributed by atoms with Crippen molar-refractivity contribution < 1.29 is 21.6 Å². The fraction of sp³-hybridized carbons (Fsp3) is 0.273. The number of rotatable bonds is 9. The van der Waals surface area contributed by atoms with E-state index in [0.717, 1.165) is 5.56 Å². The number of nitrogens with two attached hydrogens (primary N) is 1. The van der Waals surface area contributed by atoms with Crippen LogP contribution in [0.15, 0.2) is 54.7 Å². The first-order chi connectivity index (χ1) is 16.0. The first-order valence-electron chi connectivity index (χ1n) is 10.4. The maximum Gasteiger partial charge on any atom is 0.421 e. The molecular formula is C22H25F3N6O2S. The molecule has 0 aliphatic rings. The van der Waals surface area contributed by atoms with Crippen LogP contribution in [0.1, 0.15) is 36.6 Å². The summed E-state index contributed by atoms with van der Waals surface area (Å²) in [4.78, 5) is 7.80. The molecule has 0 radical (unpaired) electrons. The van der Waals surface area contributed by atoms with Crippen molar-refractivity contribution in [1.29, 1.82) is 0 Å². The van der Waals surface area contributed by atoms with Crippen molar-refractivity contribution >= 4 is 33.2 Å². The molecule has 5 N–H and O–H groups in total. The van der Waals surface area contributed by atoms with Gasteiger partial charge in [-0.1, -0.05) is 30.3 Å². The predicted molar refractivity (Wildman–Crippen MR) is 126 cm³/mol. The number of nitrogens with zero attached hydrogens (tertiary/aromatic N) is 2. The fourth-order valence-corrected chi connectivity index (χ4v) is 3.65. The molecular weight excluding hydrogens is 469 g/mol. The lowest BCUT2D eigenvalue weighted by molar-refractivity contribution is -0.137. The Morgan fingerprint density at radius 2 is 1.76 bits per heavy atom. The third-order valence-electron chi connectivity index (χ3n) is 4.90. The predicted octanol–water partition coefficient (Wildman–Crippen LogP) is 4.63. The second kappa shape index (κ2) is 10.3. The summed E-state index contributed by atoms with van der Waals surface area (Å²) in [6.07, 6.45) is -4.00. The Kier molecular flexibility index (Phi) is 7.62. The van der Waals surface area contributed by atoms with Crippen molar-refractivity contribution in [2.75, 3.05) is 21.1 Å². The van der Waals surface area contributed by atoms with Crippen LogP contribution in [-0.2, 0) is 22.7 Å². The van der Waals surface area contributed by atoms with Crippen molar-refractivity contribution in [1.82, 2.24) is 9.97 Å². The van der Waals surface area contributed by atoms with Gasteiger partial charge in [0.05, 0.1) is 11.4 Å². The van der Waals surface area contributed by atoms with Gasteiger partial charge in [0.1, 0.15) is 11.4 Å². The van der Waals surface area contributed by atoms with Gasteiger partial charge in [-0.05, 0) is 43.2 Å². The third-order valence-corrected chi connectivity index (χ3v) is 6.19. The molecule has 8 nitrogen and oxygen atoms in total. The van der Waals surface area contributed by atoms with Crippen LogP contribution in [-0.4, -0.2) is 24.1 Å². The first kappa shape index (κ1) is 25.2. The van der Waals surface area contributed by atoms with E-state index in [1.165, 1.54) is 13.0 Å². The first-order valence-corrected chi connectivity index (χ1v) is 12.0. The average Bonchev–Trinajstić information content (AvgIpc) is 2.78. The highest BCUT2D eigenvalue weighted by Gasteiger charge is 2.35. The molecule has 182 valence electrons. The van der Waals surface area contributed by atoms with Crippen molar-refractivity contribution in [2.24, 2.45) is 5.73 Å². The molecule has 0 spiro atoms. The number of benzene rings is 2. The minimum absolute atomic E-state index is 0.0379. The summed E-state index contributed by atoms with van der Waals surface area (Å²) in [5.74, 6) is -0.617. The van der Waals surface area contributed by atoms with E-state index >= 15 is 0 Å². The van der Waals surface area contributed by atoms with E-state index in [1.807, 2.05) is 6.92 Å². The molecule has 34 heavy (non-hydrogen) atoms. The van der Waals surface area contributed by atoms with Gasteiger partial charge >= 0.3 is 6.18 Å². The highest BCUT2D eigenvalue weighted by molar-refractivity contribution is 7.92. The number of aromatic nitrogens is 2. The van der Waals surface area contributed by atoms with Gasteiger partial charge in [-0.15, -0.1) is 0 Å². The Morgan fingerprint density at radius 1 is 1.09 bits per heavy atom. The summed E-state index contributed by atoms with van der Waals surface area (Å²) >= 11 is 0. The van der Waals surface area contributed by atoms with Gasteiger partial charge in [-0.3, -0.25) is 4.72 Å². The number of sulfonamides is 1. The number of para-hydroxylation sites is 1. The van der Waals surface area contributed by atoms with Crippen LogP contribution in [0.5, 0.6) is 0 Å².